The second kappa shape index (κ2) is 7.99. The minimum Gasteiger partial charge on any atom is -0.383 e. The van der Waals surface area contributed by atoms with E-state index in [2.05, 4.69) is 58.1 Å². The smallest absolute Gasteiger partial charge is 0.168 e. The topological polar surface area (TPSA) is 27.1 Å². The van der Waals surface area contributed by atoms with Gasteiger partial charge in [-0.3, -0.25) is 0 Å². The third-order valence-electron chi connectivity index (χ3n) is 3.62. The van der Waals surface area contributed by atoms with Crippen molar-refractivity contribution in [3.63, 3.8) is 0 Å². The maximum absolute atomic E-state index is 5.27. The third kappa shape index (κ3) is 4.03. The molecule has 0 aliphatic carbocycles. The highest BCUT2D eigenvalue weighted by Crippen LogP contribution is 2.28. The fourth-order valence-corrected chi connectivity index (χ4v) is 3.39. The summed E-state index contributed by atoms with van der Waals surface area (Å²) in [6.07, 6.45) is 1.96. The van der Waals surface area contributed by atoms with Gasteiger partial charge < -0.3 is 9.30 Å². The molecule has 0 radical (unpaired) electrons. The van der Waals surface area contributed by atoms with Crippen molar-refractivity contribution in [2.24, 2.45) is 0 Å². The first-order valence-corrected chi connectivity index (χ1v) is 8.63. The highest BCUT2D eigenvalue weighted by molar-refractivity contribution is 7.98. The molecule has 118 valence electrons. The Morgan fingerprint density at radius 1 is 1.00 bits per heavy atom. The van der Waals surface area contributed by atoms with Crippen molar-refractivity contribution in [3.8, 4) is 11.3 Å². The van der Waals surface area contributed by atoms with Crippen molar-refractivity contribution < 1.29 is 4.74 Å². The number of aromatic nitrogens is 2. The van der Waals surface area contributed by atoms with Crippen molar-refractivity contribution in [2.45, 2.75) is 17.5 Å². The molecule has 0 saturated heterocycles. The molecule has 1 aromatic heterocycles. The lowest BCUT2D eigenvalue weighted by atomic mass is 10.2. The van der Waals surface area contributed by atoms with Gasteiger partial charge in [0, 0.05) is 19.4 Å². The monoisotopic (exact) mass is 324 g/mol. The molecule has 0 aliphatic heterocycles. The van der Waals surface area contributed by atoms with Crippen molar-refractivity contribution in [3.05, 3.63) is 72.4 Å². The van der Waals surface area contributed by atoms with Crippen LogP contribution in [0.25, 0.3) is 11.3 Å². The average molecular weight is 324 g/mol. The van der Waals surface area contributed by atoms with Gasteiger partial charge in [-0.15, -0.1) is 0 Å². The average Bonchev–Trinajstić information content (AvgIpc) is 3.02. The molecule has 0 unspecified atom stereocenters. The maximum Gasteiger partial charge on any atom is 0.168 e. The Labute approximate surface area is 141 Å². The Morgan fingerprint density at radius 2 is 1.70 bits per heavy atom. The van der Waals surface area contributed by atoms with Gasteiger partial charge in [0.1, 0.15) is 0 Å². The van der Waals surface area contributed by atoms with Gasteiger partial charge in [0.25, 0.3) is 0 Å². The zero-order chi connectivity index (χ0) is 15.9. The van der Waals surface area contributed by atoms with Crippen LogP contribution in [-0.2, 0) is 17.0 Å². The minimum absolute atomic E-state index is 0.676. The van der Waals surface area contributed by atoms with Gasteiger partial charge >= 0.3 is 0 Å². The molecular formula is C19H20N2OS. The van der Waals surface area contributed by atoms with Crippen molar-refractivity contribution in [1.29, 1.82) is 0 Å². The van der Waals surface area contributed by atoms with Gasteiger partial charge in [0.2, 0.25) is 0 Å². The number of thioether (sulfide) groups is 1. The minimum atomic E-state index is 0.676. The van der Waals surface area contributed by atoms with E-state index in [1.165, 1.54) is 11.1 Å². The van der Waals surface area contributed by atoms with Gasteiger partial charge in [-0.25, -0.2) is 4.98 Å². The lowest BCUT2D eigenvalue weighted by Gasteiger charge is -2.11. The lowest BCUT2D eigenvalue weighted by Crippen LogP contribution is -2.07. The van der Waals surface area contributed by atoms with Crippen LogP contribution in [0.15, 0.2) is 72.0 Å². The molecule has 0 aliphatic rings. The number of ether oxygens (including phenoxy) is 1. The van der Waals surface area contributed by atoms with Crippen LogP contribution in [0.3, 0.4) is 0 Å². The van der Waals surface area contributed by atoms with E-state index in [1.54, 1.807) is 18.9 Å². The second-order valence-corrected chi connectivity index (χ2v) is 6.15. The molecule has 0 N–H and O–H groups in total. The molecular weight excluding hydrogens is 304 g/mol. The van der Waals surface area contributed by atoms with Gasteiger partial charge in [0.15, 0.2) is 5.16 Å². The fraction of sp³-hybridized carbons (Fsp3) is 0.211. The molecule has 0 amide bonds. The van der Waals surface area contributed by atoms with Crippen LogP contribution in [0.2, 0.25) is 0 Å². The number of nitrogens with zero attached hydrogens (tertiary/aromatic N) is 2. The summed E-state index contributed by atoms with van der Waals surface area (Å²) < 4.78 is 7.51. The van der Waals surface area contributed by atoms with Crippen LogP contribution in [0.1, 0.15) is 5.56 Å². The number of methoxy groups -OCH3 is 1. The Balaban J connectivity index is 1.83. The molecule has 3 rings (SSSR count). The molecule has 3 aromatic rings. The van der Waals surface area contributed by atoms with Crippen LogP contribution in [-0.4, -0.2) is 23.3 Å². The highest BCUT2D eigenvalue weighted by atomic mass is 32.2. The Hall–Kier alpha value is -2.04. The van der Waals surface area contributed by atoms with E-state index in [0.29, 0.717) is 6.61 Å². The molecule has 3 nitrogen and oxygen atoms in total. The molecule has 0 atom stereocenters. The van der Waals surface area contributed by atoms with Crippen LogP contribution >= 0.6 is 11.8 Å². The van der Waals surface area contributed by atoms with Crippen molar-refractivity contribution in [1.82, 2.24) is 9.55 Å². The summed E-state index contributed by atoms with van der Waals surface area (Å²) in [5, 5.41) is 1.03. The largest absolute Gasteiger partial charge is 0.383 e. The molecule has 23 heavy (non-hydrogen) atoms. The number of rotatable bonds is 7. The molecule has 4 heteroatoms. The first kappa shape index (κ1) is 15.8. The van der Waals surface area contributed by atoms with E-state index in [4.69, 9.17) is 4.74 Å². The van der Waals surface area contributed by atoms with Crippen LogP contribution in [0, 0.1) is 0 Å². The van der Waals surface area contributed by atoms with E-state index in [1.807, 2.05) is 18.3 Å². The summed E-state index contributed by atoms with van der Waals surface area (Å²) >= 11 is 1.76. The molecule has 0 bridgehead atoms. The number of hydrogen-bond acceptors (Lipinski definition) is 3. The van der Waals surface area contributed by atoms with E-state index in [0.717, 1.165) is 23.1 Å². The van der Waals surface area contributed by atoms with Crippen LogP contribution in [0.4, 0.5) is 0 Å². The van der Waals surface area contributed by atoms with Crippen LogP contribution < -0.4 is 0 Å². The highest BCUT2D eigenvalue weighted by Gasteiger charge is 2.12. The summed E-state index contributed by atoms with van der Waals surface area (Å²) in [6, 6.07) is 20.9. The fourth-order valence-electron chi connectivity index (χ4n) is 2.43. The quantitative estimate of drug-likeness (QED) is 0.599. The predicted molar refractivity (Wildman–Crippen MR) is 95.5 cm³/mol. The van der Waals surface area contributed by atoms with Crippen LogP contribution in [0.5, 0.6) is 0 Å². The molecule has 1 heterocycles. The standard InChI is InChI=1S/C19H20N2OS/c1-22-13-12-21-18(17-10-6-3-7-11-17)14-20-19(21)23-15-16-8-4-2-5-9-16/h2-11,14H,12-13,15H2,1H3. The number of hydrogen-bond donors (Lipinski definition) is 0. The van der Waals surface area contributed by atoms with Gasteiger partial charge in [0.05, 0.1) is 18.5 Å². The molecule has 0 saturated carbocycles. The van der Waals surface area contributed by atoms with E-state index >= 15 is 0 Å². The second-order valence-electron chi connectivity index (χ2n) is 5.21. The van der Waals surface area contributed by atoms with E-state index in [-0.39, 0.29) is 0 Å². The Kier molecular flexibility index (Phi) is 5.51. The molecule has 0 fully saturated rings. The maximum atomic E-state index is 5.27. The summed E-state index contributed by atoms with van der Waals surface area (Å²) in [4.78, 5) is 4.63. The summed E-state index contributed by atoms with van der Waals surface area (Å²) in [6.45, 7) is 1.48. The summed E-state index contributed by atoms with van der Waals surface area (Å²) in [7, 11) is 1.73. The van der Waals surface area contributed by atoms with Crippen molar-refractivity contribution in [2.75, 3.05) is 13.7 Å². The molecule has 2 aromatic carbocycles. The van der Waals surface area contributed by atoms with E-state index in [9.17, 15) is 0 Å². The SMILES string of the molecule is COCCn1c(-c2ccccc2)cnc1SCc1ccccc1. The Bertz CT molecular complexity index is 726. The lowest BCUT2D eigenvalue weighted by molar-refractivity contribution is 0.185. The number of benzene rings is 2. The summed E-state index contributed by atoms with van der Waals surface area (Å²) in [5.74, 6) is 0.916. The first-order valence-electron chi connectivity index (χ1n) is 7.65. The van der Waals surface area contributed by atoms with E-state index < -0.39 is 0 Å². The third-order valence-corrected chi connectivity index (χ3v) is 4.68. The first-order chi connectivity index (χ1) is 11.4. The molecule has 0 spiro atoms. The normalized spacial score (nSPS) is 10.8. The summed E-state index contributed by atoms with van der Waals surface area (Å²) in [5.41, 5.74) is 3.63. The van der Waals surface area contributed by atoms with Gasteiger partial charge in [-0.2, -0.15) is 0 Å². The van der Waals surface area contributed by atoms with Gasteiger partial charge in [-0.05, 0) is 11.1 Å². The number of imidazole rings is 1. The van der Waals surface area contributed by atoms with Crippen molar-refractivity contribution >= 4 is 11.8 Å². The zero-order valence-electron chi connectivity index (χ0n) is 13.2. The predicted octanol–water partition coefficient (Wildman–Crippen LogP) is 4.49. The Morgan fingerprint density at radius 3 is 2.39 bits per heavy atom. The zero-order valence-corrected chi connectivity index (χ0v) is 14.0. The van der Waals surface area contributed by atoms with Gasteiger partial charge in [-0.1, -0.05) is 72.4 Å².